The maximum absolute atomic E-state index is 8.36. The molecule has 1 fully saturated rings. The van der Waals surface area contributed by atoms with E-state index in [1.165, 1.54) is 30.4 Å². The van der Waals surface area contributed by atoms with Crippen LogP contribution in [0.25, 0.3) is 11.4 Å². The first-order valence-electron chi connectivity index (χ1n) is 9.54. The van der Waals surface area contributed by atoms with E-state index in [4.69, 9.17) is 24.5 Å². The number of nitrogens with zero attached hydrogens (tertiary/aromatic N) is 3. The highest BCUT2D eigenvalue weighted by Crippen LogP contribution is 2.22. The molecule has 1 aliphatic heterocycles. The minimum atomic E-state index is -0.250. The summed E-state index contributed by atoms with van der Waals surface area (Å²) < 4.78 is 7.87. The van der Waals surface area contributed by atoms with Crippen molar-refractivity contribution in [2.24, 2.45) is 5.92 Å². The fourth-order valence-corrected chi connectivity index (χ4v) is 3.28. The van der Waals surface area contributed by atoms with Crippen LogP contribution in [-0.2, 0) is 27.4 Å². The summed E-state index contributed by atoms with van der Waals surface area (Å²) in [4.78, 5) is 23.5. The molecular formula is C21H31N3O5. The van der Waals surface area contributed by atoms with E-state index in [-0.39, 0.29) is 12.9 Å². The molecule has 2 heterocycles. The topological polar surface area (TPSA) is 105 Å². The van der Waals surface area contributed by atoms with E-state index in [1.54, 1.807) is 0 Å². The molecule has 2 N–H and O–H groups in total. The van der Waals surface area contributed by atoms with E-state index in [0.717, 1.165) is 32.1 Å². The summed E-state index contributed by atoms with van der Waals surface area (Å²) in [7, 11) is 4.19. The normalized spacial score (nSPS) is 15.5. The molecule has 8 nitrogen and oxygen atoms in total. The van der Waals surface area contributed by atoms with Gasteiger partial charge in [-0.2, -0.15) is 0 Å². The molecule has 1 unspecified atom stereocenters. The van der Waals surface area contributed by atoms with E-state index in [1.807, 2.05) is 6.20 Å². The highest BCUT2D eigenvalue weighted by Gasteiger charge is 2.15. The summed E-state index contributed by atoms with van der Waals surface area (Å²) in [6.07, 6.45) is 7.67. The lowest BCUT2D eigenvalue weighted by atomic mass is 9.98. The Kier molecular flexibility index (Phi) is 12.0. The van der Waals surface area contributed by atoms with Crippen molar-refractivity contribution in [2.75, 3.05) is 27.3 Å². The minimum absolute atomic E-state index is 0.250. The van der Waals surface area contributed by atoms with Gasteiger partial charge in [0, 0.05) is 44.3 Å². The van der Waals surface area contributed by atoms with E-state index in [0.29, 0.717) is 5.92 Å². The molecule has 3 rings (SSSR count). The lowest BCUT2D eigenvalue weighted by molar-refractivity contribution is -0.123. The number of carboxylic acid groups (broad SMARTS) is 2. The van der Waals surface area contributed by atoms with Crippen LogP contribution in [0.3, 0.4) is 0 Å². The number of aromatic nitrogens is 2. The maximum Gasteiger partial charge on any atom is 0.290 e. The molecule has 2 aromatic rings. The molecule has 0 radical (unpaired) electrons. The zero-order chi connectivity index (χ0) is 21.5. The Morgan fingerprint density at radius 2 is 2.00 bits per heavy atom. The van der Waals surface area contributed by atoms with Gasteiger partial charge in [-0.05, 0) is 50.9 Å². The molecule has 0 aliphatic carbocycles. The number of benzene rings is 1. The SMILES string of the molecule is CN(C)Cc1cccc(-c2nccn2CCC2CCCOC2)c1.O=CO.O=CO. The van der Waals surface area contributed by atoms with Crippen LogP contribution in [0.15, 0.2) is 36.7 Å². The van der Waals surface area contributed by atoms with Gasteiger partial charge in [0.15, 0.2) is 0 Å². The van der Waals surface area contributed by atoms with Gasteiger partial charge in [-0.1, -0.05) is 18.2 Å². The lowest BCUT2D eigenvalue weighted by Gasteiger charge is -2.22. The average molecular weight is 405 g/mol. The smallest absolute Gasteiger partial charge is 0.290 e. The molecule has 1 atom stereocenters. The fraction of sp³-hybridized carbons (Fsp3) is 0.476. The van der Waals surface area contributed by atoms with Crippen molar-refractivity contribution in [2.45, 2.75) is 32.4 Å². The number of hydrogen-bond acceptors (Lipinski definition) is 5. The molecule has 29 heavy (non-hydrogen) atoms. The van der Waals surface area contributed by atoms with Gasteiger partial charge >= 0.3 is 0 Å². The summed E-state index contributed by atoms with van der Waals surface area (Å²) in [6.45, 7) is 3.32. The van der Waals surface area contributed by atoms with Crippen LogP contribution in [0.2, 0.25) is 0 Å². The van der Waals surface area contributed by atoms with Crippen LogP contribution >= 0.6 is 0 Å². The fourth-order valence-electron chi connectivity index (χ4n) is 3.28. The molecule has 0 spiro atoms. The first-order valence-corrected chi connectivity index (χ1v) is 9.54. The number of hydrogen-bond donors (Lipinski definition) is 2. The zero-order valence-corrected chi connectivity index (χ0v) is 17.1. The summed E-state index contributed by atoms with van der Waals surface area (Å²) in [5.74, 6) is 1.77. The van der Waals surface area contributed by atoms with Gasteiger partial charge in [-0.3, -0.25) is 9.59 Å². The second-order valence-corrected chi connectivity index (χ2v) is 6.97. The van der Waals surface area contributed by atoms with Crippen LogP contribution < -0.4 is 0 Å². The Labute approximate surface area is 171 Å². The van der Waals surface area contributed by atoms with E-state index in [2.05, 4.69) is 59.0 Å². The third-order valence-electron chi connectivity index (χ3n) is 4.43. The largest absolute Gasteiger partial charge is 0.483 e. The van der Waals surface area contributed by atoms with Gasteiger partial charge in [0.2, 0.25) is 0 Å². The Morgan fingerprint density at radius 1 is 1.28 bits per heavy atom. The molecule has 1 saturated heterocycles. The zero-order valence-electron chi connectivity index (χ0n) is 17.1. The molecule has 160 valence electrons. The quantitative estimate of drug-likeness (QED) is 0.712. The van der Waals surface area contributed by atoms with Crippen molar-refractivity contribution in [3.05, 3.63) is 42.2 Å². The van der Waals surface area contributed by atoms with Crippen molar-refractivity contribution in [3.63, 3.8) is 0 Å². The number of carbonyl (C=O) groups is 2. The van der Waals surface area contributed by atoms with Gasteiger partial charge in [-0.25, -0.2) is 4.98 Å². The summed E-state index contributed by atoms with van der Waals surface area (Å²) >= 11 is 0. The van der Waals surface area contributed by atoms with E-state index >= 15 is 0 Å². The van der Waals surface area contributed by atoms with Gasteiger partial charge < -0.3 is 24.4 Å². The molecule has 1 aliphatic rings. The van der Waals surface area contributed by atoms with Gasteiger partial charge in [0.1, 0.15) is 5.82 Å². The van der Waals surface area contributed by atoms with Gasteiger partial charge in [0.05, 0.1) is 0 Å². The second-order valence-electron chi connectivity index (χ2n) is 6.97. The van der Waals surface area contributed by atoms with E-state index in [9.17, 15) is 0 Å². The minimum Gasteiger partial charge on any atom is -0.483 e. The maximum atomic E-state index is 8.36. The van der Waals surface area contributed by atoms with Gasteiger partial charge in [-0.15, -0.1) is 0 Å². The monoisotopic (exact) mass is 405 g/mol. The van der Waals surface area contributed by atoms with Crippen molar-refractivity contribution in [3.8, 4) is 11.4 Å². The molecule has 0 amide bonds. The predicted octanol–water partition coefficient (Wildman–Crippen LogP) is 2.83. The number of ether oxygens (including phenoxy) is 1. The first kappa shape index (κ1) is 24.3. The van der Waals surface area contributed by atoms with E-state index < -0.39 is 0 Å². The Hall–Kier alpha value is -2.71. The van der Waals surface area contributed by atoms with Crippen molar-refractivity contribution >= 4 is 12.9 Å². The van der Waals surface area contributed by atoms with Crippen molar-refractivity contribution in [1.82, 2.24) is 14.5 Å². The highest BCUT2D eigenvalue weighted by atomic mass is 16.5. The molecular weight excluding hydrogens is 374 g/mol. The molecule has 0 bridgehead atoms. The number of rotatable bonds is 6. The summed E-state index contributed by atoms with van der Waals surface area (Å²) in [5.41, 5.74) is 2.52. The van der Waals surface area contributed by atoms with Crippen LogP contribution in [0.4, 0.5) is 0 Å². The Balaban J connectivity index is 0.000000626. The van der Waals surface area contributed by atoms with Crippen LogP contribution in [0.1, 0.15) is 24.8 Å². The first-order chi connectivity index (χ1) is 14.0. The van der Waals surface area contributed by atoms with Crippen LogP contribution in [0, 0.1) is 5.92 Å². The summed E-state index contributed by atoms with van der Waals surface area (Å²) in [6, 6.07) is 8.71. The average Bonchev–Trinajstić information content (AvgIpc) is 3.17. The third kappa shape index (κ3) is 9.36. The predicted molar refractivity (Wildman–Crippen MR) is 111 cm³/mol. The third-order valence-corrected chi connectivity index (χ3v) is 4.43. The molecule has 1 aromatic heterocycles. The van der Waals surface area contributed by atoms with Crippen LogP contribution in [0.5, 0.6) is 0 Å². The standard InChI is InChI=1S/C19H27N3O.2CH2O2/c1-21(2)14-17-5-3-7-18(13-17)19-20-9-11-22(19)10-8-16-6-4-12-23-15-16;2*2-1-3/h3,5,7,9,11,13,16H,4,6,8,10,12,14-15H2,1-2H3;2*1H,(H,2,3). The second kappa shape index (κ2) is 14.3. The Bertz CT molecular complexity index is 706. The molecule has 0 saturated carbocycles. The lowest BCUT2D eigenvalue weighted by Crippen LogP contribution is -2.19. The molecule has 1 aromatic carbocycles. The number of aryl methyl sites for hydroxylation is 1. The Morgan fingerprint density at radius 3 is 2.62 bits per heavy atom. The molecule has 8 heteroatoms. The van der Waals surface area contributed by atoms with Crippen molar-refractivity contribution in [1.29, 1.82) is 0 Å². The van der Waals surface area contributed by atoms with Crippen LogP contribution in [-0.4, -0.2) is 64.9 Å². The highest BCUT2D eigenvalue weighted by molar-refractivity contribution is 5.56. The van der Waals surface area contributed by atoms with Crippen molar-refractivity contribution < 1.29 is 24.5 Å². The van der Waals surface area contributed by atoms with Gasteiger partial charge in [0.25, 0.3) is 12.9 Å². The summed E-state index contributed by atoms with van der Waals surface area (Å²) in [5, 5.41) is 13.8. The number of imidazole rings is 1.